The number of rotatable bonds is 7. The van der Waals surface area contributed by atoms with Crippen molar-refractivity contribution < 1.29 is 9.84 Å². The minimum absolute atomic E-state index is 0.274. The van der Waals surface area contributed by atoms with E-state index in [0.29, 0.717) is 11.7 Å². The first-order valence-electron chi connectivity index (χ1n) is 8.43. The first-order chi connectivity index (χ1) is 10.6. The lowest BCUT2D eigenvalue weighted by Crippen LogP contribution is -2.11. The van der Waals surface area contributed by atoms with Gasteiger partial charge in [0.25, 0.3) is 0 Å². The second-order valence-electron chi connectivity index (χ2n) is 6.38. The van der Waals surface area contributed by atoms with Crippen molar-refractivity contribution in [2.24, 2.45) is 5.92 Å². The SMILES string of the molecule is C=C(Oc1cc(O)cc(CCCCC)c1)[C@@H]1CC=C(C)CC1. The zero-order chi connectivity index (χ0) is 15.9. The molecule has 0 fully saturated rings. The molecular formula is C20H28O2. The number of benzene rings is 1. The molecule has 0 aliphatic heterocycles. The summed E-state index contributed by atoms with van der Waals surface area (Å²) in [6.07, 6.45) is 10.1. The summed E-state index contributed by atoms with van der Waals surface area (Å²) < 4.78 is 5.93. The van der Waals surface area contributed by atoms with Crippen LogP contribution in [0.1, 0.15) is 57.9 Å². The molecule has 0 amide bonds. The molecule has 1 N–H and O–H groups in total. The quantitative estimate of drug-likeness (QED) is 0.394. The van der Waals surface area contributed by atoms with Crippen LogP contribution in [-0.4, -0.2) is 5.11 Å². The van der Waals surface area contributed by atoms with Gasteiger partial charge in [-0.2, -0.15) is 0 Å². The maximum absolute atomic E-state index is 9.89. The van der Waals surface area contributed by atoms with Gasteiger partial charge in [-0.15, -0.1) is 0 Å². The van der Waals surface area contributed by atoms with Gasteiger partial charge in [0, 0.05) is 12.0 Å². The van der Waals surface area contributed by atoms with E-state index < -0.39 is 0 Å². The van der Waals surface area contributed by atoms with Crippen molar-refractivity contribution in [3.8, 4) is 11.5 Å². The molecule has 0 spiro atoms. The van der Waals surface area contributed by atoms with Gasteiger partial charge in [0.2, 0.25) is 0 Å². The number of phenolic OH excluding ortho intramolecular Hbond substituents is 1. The van der Waals surface area contributed by atoms with E-state index in [9.17, 15) is 5.11 Å². The Hall–Kier alpha value is -1.70. The van der Waals surface area contributed by atoms with Crippen molar-refractivity contribution in [3.05, 3.63) is 47.7 Å². The van der Waals surface area contributed by atoms with E-state index >= 15 is 0 Å². The summed E-state index contributed by atoms with van der Waals surface area (Å²) in [6.45, 7) is 8.47. The van der Waals surface area contributed by atoms with Crippen molar-refractivity contribution in [1.82, 2.24) is 0 Å². The molecule has 0 saturated heterocycles. The van der Waals surface area contributed by atoms with Crippen LogP contribution < -0.4 is 4.74 Å². The van der Waals surface area contributed by atoms with Gasteiger partial charge < -0.3 is 9.84 Å². The van der Waals surface area contributed by atoms with E-state index in [0.717, 1.165) is 43.4 Å². The number of hydrogen-bond acceptors (Lipinski definition) is 2. The molecule has 22 heavy (non-hydrogen) atoms. The largest absolute Gasteiger partial charge is 0.508 e. The lowest BCUT2D eigenvalue weighted by atomic mass is 9.89. The molecule has 0 radical (unpaired) electrons. The normalized spacial score (nSPS) is 17.9. The van der Waals surface area contributed by atoms with Crippen molar-refractivity contribution in [2.45, 2.75) is 58.8 Å². The summed E-state index contributed by atoms with van der Waals surface area (Å²) >= 11 is 0. The minimum atomic E-state index is 0.274. The molecular weight excluding hydrogens is 272 g/mol. The molecule has 0 saturated carbocycles. The van der Waals surface area contributed by atoms with Crippen LogP contribution >= 0.6 is 0 Å². The Bertz CT molecular complexity index is 543. The highest BCUT2D eigenvalue weighted by atomic mass is 16.5. The molecule has 2 heteroatoms. The topological polar surface area (TPSA) is 29.5 Å². The highest BCUT2D eigenvalue weighted by Crippen LogP contribution is 2.31. The van der Waals surface area contributed by atoms with Crippen LogP contribution in [0.25, 0.3) is 0 Å². The van der Waals surface area contributed by atoms with Gasteiger partial charge in [-0.1, -0.05) is 38.0 Å². The number of hydrogen-bond donors (Lipinski definition) is 1. The third kappa shape index (κ3) is 4.94. The van der Waals surface area contributed by atoms with Crippen molar-refractivity contribution in [2.75, 3.05) is 0 Å². The van der Waals surface area contributed by atoms with Gasteiger partial charge in [-0.05, 0) is 56.7 Å². The van der Waals surface area contributed by atoms with Gasteiger partial charge in [0.15, 0.2) is 0 Å². The summed E-state index contributed by atoms with van der Waals surface area (Å²) in [4.78, 5) is 0. The maximum atomic E-state index is 9.89. The van der Waals surface area contributed by atoms with Crippen LogP contribution in [0.4, 0.5) is 0 Å². The second kappa shape index (κ2) is 8.07. The number of aromatic hydroxyl groups is 1. The highest BCUT2D eigenvalue weighted by Gasteiger charge is 2.17. The number of aryl methyl sites for hydroxylation is 1. The van der Waals surface area contributed by atoms with E-state index in [1.165, 1.54) is 18.4 Å². The molecule has 0 heterocycles. The van der Waals surface area contributed by atoms with Crippen molar-refractivity contribution >= 4 is 0 Å². The lowest BCUT2D eigenvalue weighted by molar-refractivity contribution is 0.330. The average Bonchev–Trinajstić information content (AvgIpc) is 2.47. The molecule has 1 aliphatic rings. The molecule has 1 aromatic rings. The number of unbranched alkanes of at least 4 members (excludes halogenated alkanes) is 2. The lowest BCUT2D eigenvalue weighted by Gasteiger charge is -2.22. The van der Waals surface area contributed by atoms with E-state index in [-0.39, 0.29) is 5.75 Å². The third-order valence-corrected chi connectivity index (χ3v) is 4.36. The predicted octanol–water partition coefficient (Wildman–Crippen LogP) is 5.76. The van der Waals surface area contributed by atoms with Crippen molar-refractivity contribution in [1.29, 1.82) is 0 Å². The Labute approximate surface area is 134 Å². The Kier molecular flexibility index (Phi) is 6.11. The first-order valence-corrected chi connectivity index (χ1v) is 8.43. The molecule has 0 unspecified atom stereocenters. The van der Waals surface area contributed by atoms with Gasteiger partial charge in [0.05, 0.1) is 0 Å². The van der Waals surface area contributed by atoms with E-state index in [4.69, 9.17) is 4.74 Å². The monoisotopic (exact) mass is 300 g/mol. The Morgan fingerprint density at radius 3 is 2.82 bits per heavy atom. The van der Waals surface area contributed by atoms with Crippen LogP contribution in [0.2, 0.25) is 0 Å². The highest BCUT2D eigenvalue weighted by molar-refractivity contribution is 5.38. The number of ether oxygens (including phenoxy) is 1. The zero-order valence-electron chi connectivity index (χ0n) is 13.9. The van der Waals surface area contributed by atoms with Crippen LogP contribution in [0, 0.1) is 5.92 Å². The van der Waals surface area contributed by atoms with Gasteiger partial charge in [-0.3, -0.25) is 0 Å². The zero-order valence-corrected chi connectivity index (χ0v) is 13.9. The summed E-state index contributed by atoms with van der Waals surface area (Å²) in [5.74, 6) is 2.18. The first kappa shape index (κ1) is 16.7. The smallest absolute Gasteiger partial charge is 0.130 e. The molecule has 2 rings (SSSR count). The average molecular weight is 300 g/mol. The summed E-state index contributed by atoms with van der Waals surface area (Å²) in [6, 6.07) is 5.54. The van der Waals surface area contributed by atoms with Gasteiger partial charge in [0.1, 0.15) is 17.3 Å². The number of phenols is 1. The fourth-order valence-corrected chi connectivity index (χ4v) is 2.92. The Balaban J connectivity index is 1.98. The molecule has 2 nitrogen and oxygen atoms in total. The maximum Gasteiger partial charge on any atom is 0.130 e. The molecule has 1 atom stereocenters. The van der Waals surface area contributed by atoms with Crippen LogP contribution in [-0.2, 0) is 6.42 Å². The summed E-state index contributed by atoms with van der Waals surface area (Å²) in [7, 11) is 0. The van der Waals surface area contributed by atoms with Crippen molar-refractivity contribution in [3.63, 3.8) is 0 Å². The standard InChI is InChI=1S/C20H28O2/c1-4-5-6-7-17-12-19(21)14-20(13-17)22-16(3)18-10-8-15(2)9-11-18/h8,12-14,18,21H,3-7,9-11H2,1-2H3/t18-/m1/s1. The summed E-state index contributed by atoms with van der Waals surface area (Å²) in [5, 5.41) is 9.89. The molecule has 0 aromatic heterocycles. The van der Waals surface area contributed by atoms with Crippen LogP contribution in [0.3, 0.4) is 0 Å². The molecule has 120 valence electrons. The van der Waals surface area contributed by atoms with Gasteiger partial charge >= 0.3 is 0 Å². The van der Waals surface area contributed by atoms with Gasteiger partial charge in [-0.25, -0.2) is 0 Å². The fourth-order valence-electron chi connectivity index (χ4n) is 2.92. The Morgan fingerprint density at radius 2 is 2.14 bits per heavy atom. The van der Waals surface area contributed by atoms with E-state index in [2.05, 4.69) is 26.5 Å². The molecule has 1 aromatic carbocycles. The van der Waals surface area contributed by atoms with E-state index in [1.54, 1.807) is 6.07 Å². The Morgan fingerprint density at radius 1 is 1.32 bits per heavy atom. The summed E-state index contributed by atoms with van der Waals surface area (Å²) in [5.41, 5.74) is 2.59. The van der Waals surface area contributed by atoms with Crippen LogP contribution in [0.5, 0.6) is 11.5 Å². The number of allylic oxidation sites excluding steroid dienone is 3. The van der Waals surface area contributed by atoms with Crippen LogP contribution in [0.15, 0.2) is 42.2 Å². The minimum Gasteiger partial charge on any atom is -0.508 e. The molecule has 0 bridgehead atoms. The molecule has 1 aliphatic carbocycles. The second-order valence-corrected chi connectivity index (χ2v) is 6.38. The predicted molar refractivity (Wildman–Crippen MR) is 92.2 cm³/mol. The third-order valence-electron chi connectivity index (χ3n) is 4.36. The fraction of sp³-hybridized carbons (Fsp3) is 0.500. The van der Waals surface area contributed by atoms with E-state index in [1.807, 2.05) is 12.1 Å².